The Morgan fingerprint density at radius 1 is 1.18 bits per heavy atom. The van der Waals surface area contributed by atoms with E-state index in [1.54, 1.807) is 6.07 Å². The Morgan fingerprint density at radius 2 is 1.86 bits per heavy atom. The molecular weight excluding hydrogens is 386 g/mol. The van der Waals surface area contributed by atoms with Crippen molar-refractivity contribution in [3.8, 4) is 0 Å². The highest BCUT2D eigenvalue weighted by atomic mass is 32.2. The molecule has 28 heavy (non-hydrogen) atoms. The Labute approximate surface area is 161 Å². The molecule has 146 valence electrons. The first kappa shape index (κ1) is 19.5. The van der Waals surface area contributed by atoms with Crippen LogP contribution in [-0.4, -0.2) is 50.4 Å². The minimum Gasteiger partial charge on any atom is -0.309 e. The molecule has 1 aliphatic heterocycles. The van der Waals surface area contributed by atoms with Crippen molar-refractivity contribution in [3.05, 3.63) is 58.1 Å². The molecule has 1 heterocycles. The summed E-state index contributed by atoms with van der Waals surface area (Å²) in [6, 6.07) is 10.2. The van der Waals surface area contributed by atoms with Gasteiger partial charge in [-0.1, -0.05) is 12.1 Å². The van der Waals surface area contributed by atoms with Gasteiger partial charge in [-0.15, -0.1) is 0 Å². The lowest BCUT2D eigenvalue weighted by molar-refractivity contribution is -0.384. The first-order valence-corrected chi connectivity index (χ1v) is 9.50. The van der Waals surface area contributed by atoms with Crippen molar-refractivity contribution in [1.29, 1.82) is 0 Å². The topological polar surface area (TPSA) is 125 Å². The number of hydrogen-bond acceptors (Lipinski definition) is 7. The largest absolute Gasteiger partial charge is 0.309 e. The van der Waals surface area contributed by atoms with E-state index in [4.69, 9.17) is 0 Å². The van der Waals surface area contributed by atoms with Crippen molar-refractivity contribution in [2.45, 2.75) is 4.90 Å². The summed E-state index contributed by atoms with van der Waals surface area (Å²) in [4.78, 5) is 24.5. The highest BCUT2D eigenvalue weighted by molar-refractivity contribution is 7.89. The number of para-hydroxylation sites is 2. The predicted octanol–water partition coefficient (Wildman–Crippen LogP) is 1.64. The van der Waals surface area contributed by atoms with Gasteiger partial charge in [-0.05, 0) is 24.3 Å². The van der Waals surface area contributed by atoms with Gasteiger partial charge >= 0.3 is 0 Å². The van der Waals surface area contributed by atoms with Gasteiger partial charge in [0.25, 0.3) is 11.6 Å². The molecule has 0 bridgehead atoms. The Bertz CT molecular complexity index is 1110. The molecule has 0 radical (unpaired) electrons. The number of rotatable bonds is 5. The molecule has 0 aromatic heterocycles. The van der Waals surface area contributed by atoms with E-state index in [-0.39, 0.29) is 22.0 Å². The lowest BCUT2D eigenvalue weighted by Crippen LogP contribution is -2.26. The molecule has 3 rings (SSSR count). The molecule has 0 atom stereocenters. The summed E-state index contributed by atoms with van der Waals surface area (Å²) in [5.41, 5.74) is 3.24. The Hall–Kier alpha value is -3.31. The first-order chi connectivity index (χ1) is 13.1. The summed E-state index contributed by atoms with van der Waals surface area (Å²) in [7, 11) is 0.649. The maximum atomic E-state index is 12.6. The standard InChI is InChI=1S/C17H17N5O5S/c1-20(2)28(26,27)11-8-9-14-12(10-11)16(17(23)21(14)3)19-18-13-6-4-5-7-15(13)22(24)25/h4-10,18H,1-3H3. The summed E-state index contributed by atoms with van der Waals surface area (Å²) in [5.74, 6) is -0.458. The average molecular weight is 403 g/mol. The number of sulfonamides is 1. The summed E-state index contributed by atoms with van der Waals surface area (Å²) >= 11 is 0. The van der Waals surface area contributed by atoms with Crippen LogP contribution in [0.25, 0.3) is 0 Å². The molecule has 11 heteroatoms. The van der Waals surface area contributed by atoms with Crippen molar-refractivity contribution < 1.29 is 18.1 Å². The van der Waals surface area contributed by atoms with Gasteiger partial charge in [-0.3, -0.25) is 20.3 Å². The number of amides is 1. The van der Waals surface area contributed by atoms with Crippen LogP contribution < -0.4 is 10.3 Å². The lowest BCUT2D eigenvalue weighted by atomic mass is 10.1. The Morgan fingerprint density at radius 3 is 2.50 bits per heavy atom. The van der Waals surface area contributed by atoms with E-state index in [0.717, 1.165) is 4.31 Å². The highest BCUT2D eigenvalue weighted by Crippen LogP contribution is 2.31. The van der Waals surface area contributed by atoms with Gasteiger partial charge < -0.3 is 4.90 Å². The molecule has 1 aliphatic rings. The fourth-order valence-electron chi connectivity index (χ4n) is 2.70. The monoisotopic (exact) mass is 403 g/mol. The molecule has 2 aromatic carbocycles. The van der Waals surface area contributed by atoms with Crippen molar-refractivity contribution in [1.82, 2.24) is 4.31 Å². The summed E-state index contributed by atoms with van der Waals surface area (Å²) in [5, 5.41) is 15.2. The third-order valence-electron chi connectivity index (χ3n) is 4.26. The van der Waals surface area contributed by atoms with Crippen LogP contribution in [0.2, 0.25) is 0 Å². The molecule has 0 unspecified atom stereocenters. The minimum atomic E-state index is -3.70. The Kier molecular flexibility index (Phi) is 4.87. The van der Waals surface area contributed by atoms with Crippen LogP contribution in [0.5, 0.6) is 0 Å². The number of carbonyl (C=O) groups is 1. The van der Waals surface area contributed by atoms with E-state index in [1.807, 2.05) is 0 Å². The quantitative estimate of drug-likeness (QED) is 0.598. The van der Waals surface area contributed by atoms with Gasteiger partial charge in [0, 0.05) is 32.8 Å². The second-order valence-electron chi connectivity index (χ2n) is 6.18. The van der Waals surface area contributed by atoms with Gasteiger partial charge in [0.2, 0.25) is 10.0 Å². The van der Waals surface area contributed by atoms with E-state index in [1.165, 1.54) is 62.4 Å². The van der Waals surface area contributed by atoms with Gasteiger partial charge in [-0.2, -0.15) is 5.10 Å². The highest BCUT2D eigenvalue weighted by Gasteiger charge is 2.33. The molecule has 0 saturated heterocycles. The van der Waals surface area contributed by atoms with Gasteiger partial charge in [0.15, 0.2) is 5.71 Å². The molecule has 2 aromatic rings. The summed E-state index contributed by atoms with van der Waals surface area (Å²) in [6.45, 7) is 0. The van der Waals surface area contributed by atoms with E-state index >= 15 is 0 Å². The van der Waals surface area contributed by atoms with Crippen LogP contribution in [-0.2, 0) is 14.8 Å². The lowest BCUT2D eigenvalue weighted by Gasteiger charge is -2.13. The third-order valence-corrected chi connectivity index (χ3v) is 6.07. The number of carbonyl (C=O) groups excluding carboxylic acids is 1. The number of nitrogens with one attached hydrogen (secondary N) is 1. The summed E-state index contributed by atoms with van der Waals surface area (Å²) in [6.07, 6.45) is 0. The van der Waals surface area contributed by atoms with E-state index in [9.17, 15) is 23.3 Å². The van der Waals surface area contributed by atoms with Crippen LogP contribution in [0.3, 0.4) is 0 Å². The number of fused-ring (bicyclic) bond motifs is 1. The second-order valence-corrected chi connectivity index (χ2v) is 8.33. The van der Waals surface area contributed by atoms with Crippen molar-refractivity contribution >= 4 is 38.7 Å². The van der Waals surface area contributed by atoms with Crippen LogP contribution in [0.4, 0.5) is 17.1 Å². The van der Waals surface area contributed by atoms with E-state index in [0.29, 0.717) is 11.3 Å². The van der Waals surface area contributed by atoms with Gasteiger partial charge in [0.05, 0.1) is 15.5 Å². The van der Waals surface area contributed by atoms with Crippen LogP contribution >= 0.6 is 0 Å². The molecule has 1 amide bonds. The predicted molar refractivity (Wildman–Crippen MR) is 104 cm³/mol. The molecule has 0 fully saturated rings. The molecule has 0 saturated carbocycles. The zero-order valence-corrected chi connectivity index (χ0v) is 16.1. The first-order valence-electron chi connectivity index (χ1n) is 8.06. The van der Waals surface area contributed by atoms with Gasteiger partial charge in [0.1, 0.15) is 5.69 Å². The number of likely N-dealkylation sites (N-methyl/N-ethyl adjacent to an activating group) is 1. The van der Waals surface area contributed by atoms with E-state index < -0.39 is 20.9 Å². The smallest absolute Gasteiger partial charge is 0.294 e. The van der Waals surface area contributed by atoms with Crippen LogP contribution in [0, 0.1) is 10.1 Å². The van der Waals surface area contributed by atoms with Crippen molar-refractivity contribution in [3.63, 3.8) is 0 Å². The van der Waals surface area contributed by atoms with E-state index in [2.05, 4.69) is 10.5 Å². The number of nitro groups is 1. The average Bonchev–Trinajstić information content (AvgIpc) is 2.90. The van der Waals surface area contributed by atoms with Crippen LogP contribution in [0.1, 0.15) is 5.56 Å². The third kappa shape index (κ3) is 3.21. The summed E-state index contributed by atoms with van der Waals surface area (Å²) < 4.78 is 25.9. The maximum absolute atomic E-state index is 12.6. The zero-order chi connectivity index (χ0) is 20.6. The number of anilines is 2. The molecule has 1 N–H and O–H groups in total. The number of hydrazone groups is 1. The van der Waals surface area contributed by atoms with Crippen LogP contribution in [0.15, 0.2) is 52.5 Å². The fourth-order valence-corrected chi connectivity index (χ4v) is 3.63. The second kappa shape index (κ2) is 7.02. The fraction of sp³-hybridized carbons (Fsp3) is 0.176. The van der Waals surface area contributed by atoms with Crippen molar-refractivity contribution in [2.75, 3.05) is 31.5 Å². The molecule has 0 aliphatic carbocycles. The zero-order valence-electron chi connectivity index (χ0n) is 15.3. The number of hydrogen-bond donors (Lipinski definition) is 1. The minimum absolute atomic E-state index is 0.0118. The SMILES string of the molecule is CN1C(=O)C(=NNc2ccccc2[N+](=O)[O-])c2cc(S(=O)(=O)N(C)C)ccc21. The van der Waals surface area contributed by atoms with Gasteiger partial charge in [-0.25, -0.2) is 12.7 Å². The molecule has 0 spiro atoms. The molecule has 10 nitrogen and oxygen atoms in total. The number of benzene rings is 2. The maximum Gasteiger partial charge on any atom is 0.294 e. The molecular formula is C17H17N5O5S. The number of nitro benzene ring substituents is 1. The number of nitrogens with zero attached hydrogens (tertiary/aromatic N) is 4. The Balaban J connectivity index is 2.07. The normalized spacial score (nSPS) is 15.2. The van der Waals surface area contributed by atoms with Crippen molar-refractivity contribution in [2.24, 2.45) is 5.10 Å².